The molecular formula is C25H23BrN4O4. The molecule has 0 radical (unpaired) electrons. The fourth-order valence-electron chi connectivity index (χ4n) is 2.88. The van der Waals surface area contributed by atoms with E-state index in [2.05, 4.69) is 37.1 Å². The zero-order valence-corrected chi connectivity index (χ0v) is 19.9. The predicted octanol–water partition coefficient (Wildman–Crippen LogP) is 3.79. The number of amides is 3. The van der Waals surface area contributed by atoms with Crippen LogP contribution in [0.4, 0.5) is 5.69 Å². The van der Waals surface area contributed by atoms with Gasteiger partial charge >= 0.3 is 11.8 Å². The SMILES string of the molecule is C[C@H](NC(=O)COc1ccc(/C=N\NC(=O)C(=O)Nc2cccc(Br)c2)cc1)c1ccccc1. The predicted molar refractivity (Wildman–Crippen MR) is 133 cm³/mol. The van der Waals surface area contributed by atoms with Crippen molar-refractivity contribution in [1.29, 1.82) is 0 Å². The van der Waals surface area contributed by atoms with E-state index < -0.39 is 11.8 Å². The molecule has 34 heavy (non-hydrogen) atoms. The fourth-order valence-corrected chi connectivity index (χ4v) is 3.28. The van der Waals surface area contributed by atoms with Gasteiger partial charge in [-0.05, 0) is 60.5 Å². The molecule has 0 aromatic heterocycles. The lowest BCUT2D eigenvalue weighted by Crippen LogP contribution is -2.32. The molecule has 3 aromatic rings. The monoisotopic (exact) mass is 522 g/mol. The van der Waals surface area contributed by atoms with E-state index >= 15 is 0 Å². The van der Waals surface area contributed by atoms with Crippen LogP contribution >= 0.6 is 15.9 Å². The van der Waals surface area contributed by atoms with Gasteiger partial charge in [0.2, 0.25) is 0 Å². The molecule has 0 aliphatic heterocycles. The van der Waals surface area contributed by atoms with Gasteiger partial charge in [0.05, 0.1) is 12.3 Å². The molecule has 174 valence electrons. The first-order valence-corrected chi connectivity index (χ1v) is 11.2. The van der Waals surface area contributed by atoms with Gasteiger partial charge in [0, 0.05) is 10.2 Å². The molecule has 0 saturated carbocycles. The Balaban J connectivity index is 1.41. The molecule has 0 unspecified atom stereocenters. The maximum Gasteiger partial charge on any atom is 0.329 e. The molecule has 8 nitrogen and oxygen atoms in total. The summed E-state index contributed by atoms with van der Waals surface area (Å²) in [5.74, 6) is -1.45. The summed E-state index contributed by atoms with van der Waals surface area (Å²) in [6.07, 6.45) is 1.39. The molecule has 0 aliphatic carbocycles. The van der Waals surface area contributed by atoms with Gasteiger partial charge in [0.15, 0.2) is 6.61 Å². The number of rotatable bonds is 8. The van der Waals surface area contributed by atoms with Gasteiger partial charge in [-0.15, -0.1) is 0 Å². The third kappa shape index (κ3) is 7.86. The third-order valence-electron chi connectivity index (χ3n) is 4.60. The van der Waals surface area contributed by atoms with Gasteiger partial charge in [0.25, 0.3) is 5.91 Å². The topological polar surface area (TPSA) is 109 Å². The van der Waals surface area contributed by atoms with Gasteiger partial charge in [-0.1, -0.05) is 52.3 Å². The number of hydrogen-bond acceptors (Lipinski definition) is 5. The van der Waals surface area contributed by atoms with Crippen LogP contribution in [-0.4, -0.2) is 30.5 Å². The second-order valence-corrected chi connectivity index (χ2v) is 8.14. The Morgan fingerprint density at radius 2 is 1.71 bits per heavy atom. The van der Waals surface area contributed by atoms with Crippen LogP contribution in [0.5, 0.6) is 5.75 Å². The largest absolute Gasteiger partial charge is 0.484 e. The number of hydrazone groups is 1. The number of carbonyl (C=O) groups excluding carboxylic acids is 3. The number of nitrogens with zero attached hydrogens (tertiary/aromatic N) is 1. The van der Waals surface area contributed by atoms with Gasteiger partial charge in [0.1, 0.15) is 5.75 Å². The summed E-state index contributed by atoms with van der Waals surface area (Å²) in [4.78, 5) is 35.9. The Kier molecular flexibility index (Phi) is 8.93. The lowest BCUT2D eigenvalue weighted by atomic mass is 10.1. The van der Waals surface area contributed by atoms with Crippen LogP contribution in [0, 0.1) is 0 Å². The van der Waals surface area contributed by atoms with E-state index in [9.17, 15) is 14.4 Å². The zero-order valence-electron chi connectivity index (χ0n) is 18.3. The lowest BCUT2D eigenvalue weighted by Gasteiger charge is -2.14. The van der Waals surface area contributed by atoms with Crippen molar-refractivity contribution in [3.63, 3.8) is 0 Å². The van der Waals surface area contributed by atoms with Crippen molar-refractivity contribution < 1.29 is 19.1 Å². The van der Waals surface area contributed by atoms with E-state index in [4.69, 9.17) is 4.74 Å². The quantitative estimate of drug-likeness (QED) is 0.237. The normalized spacial score (nSPS) is 11.5. The van der Waals surface area contributed by atoms with Crippen molar-refractivity contribution in [3.05, 3.63) is 94.5 Å². The molecule has 3 N–H and O–H groups in total. The first kappa shape index (κ1) is 24.7. The van der Waals surface area contributed by atoms with E-state index in [1.54, 1.807) is 48.5 Å². The van der Waals surface area contributed by atoms with Gasteiger partial charge in [-0.3, -0.25) is 14.4 Å². The molecule has 0 spiro atoms. The Labute approximate surface area is 205 Å². The van der Waals surface area contributed by atoms with E-state index in [0.29, 0.717) is 17.0 Å². The van der Waals surface area contributed by atoms with E-state index in [-0.39, 0.29) is 18.6 Å². The molecule has 9 heteroatoms. The van der Waals surface area contributed by atoms with Crippen LogP contribution in [0.3, 0.4) is 0 Å². The van der Waals surface area contributed by atoms with Crippen LogP contribution in [0.15, 0.2) is 88.4 Å². The van der Waals surface area contributed by atoms with Crippen molar-refractivity contribution in [3.8, 4) is 5.75 Å². The van der Waals surface area contributed by atoms with Gasteiger partial charge < -0.3 is 15.4 Å². The maximum atomic E-state index is 12.1. The van der Waals surface area contributed by atoms with Gasteiger partial charge in [-0.25, -0.2) is 5.43 Å². The second kappa shape index (κ2) is 12.3. The summed E-state index contributed by atoms with van der Waals surface area (Å²) in [5.41, 5.74) is 4.34. The van der Waals surface area contributed by atoms with Crippen molar-refractivity contribution in [1.82, 2.24) is 10.7 Å². The van der Waals surface area contributed by atoms with Crippen molar-refractivity contribution >= 4 is 45.6 Å². The average molecular weight is 523 g/mol. The first-order chi connectivity index (χ1) is 16.4. The Bertz CT molecular complexity index is 1170. The summed E-state index contributed by atoms with van der Waals surface area (Å²) in [6, 6.07) is 23.2. The summed E-state index contributed by atoms with van der Waals surface area (Å²) in [6.45, 7) is 1.79. The highest BCUT2D eigenvalue weighted by Crippen LogP contribution is 2.15. The van der Waals surface area contributed by atoms with Crippen LogP contribution in [0.25, 0.3) is 0 Å². The van der Waals surface area contributed by atoms with Crippen molar-refractivity contribution in [2.24, 2.45) is 5.10 Å². The average Bonchev–Trinajstić information content (AvgIpc) is 2.84. The minimum absolute atomic E-state index is 0.117. The number of halogens is 1. The highest BCUT2D eigenvalue weighted by atomic mass is 79.9. The van der Waals surface area contributed by atoms with Crippen molar-refractivity contribution in [2.45, 2.75) is 13.0 Å². The number of anilines is 1. The second-order valence-electron chi connectivity index (χ2n) is 7.22. The van der Waals surface area contributed by atoms with Crippen LogP contribution < -0.4 is 20.8 Å². The number of benzene rings is 3. The molecule has 0 bridgehead atoms. The Hall–Kier alpha value is -3.98. The highest BCUT2D eigenvalue weighted by Gasteiger charge is 2.13. The van der Waals surface area contributed by atoms with Gasteiger partial charge in [-0.2, -0.15) is 5.10 Å². The summed E-state index contributed by atoms with van der Waals surface area (Å²) in [7, 11) is 0. The highest BCUT2D eigenvalue weighted by molar-refractivity contribution is 9.10. The molecule has 3 rings (SSSR count). The molecule has 0 aliphatic rings. The Morgan fingerprint density at radius 3 is 2.41 bits per heavy atom. The van der Waals surface area contributed by atoms with Crippen LogP contribution in [0.1, 0.15) is 24.1 Å². The smallest absolute Gasteiger partial charge is 0.329 e. The molecule has 1 atom stereocenters. The standard InChI is InChI=1S/C25H23BrN4O4/c1-17(19-6-3-2-4-7-19)28-23(31)16-34-22-12-10-18(11-13-22)15-27-30-25(33)24(32)29-21-9-5-8-20(26)14-21/h2-15,17H,16H2,1H3,(H,28,31)(H,29,32)(H,30,33)/b27-15-/t17-/m0/s1. The van der Waals surface area contributed by atoms with Crippen LogP contribution in [-0.2, 0) is 14.4 Å². The number of hydrogen-bond donors (Lipinski definition) is 3. The third-order valence-corrected chi connectivity index (χ3v) is 5.09. The minimum Gasteiger partial charge on any atom is -0.484 e. The van der Waals surface area contributed by atoms with E-state index in [1.807, 2.05) is 37.3 Å². The molecular weight excluding hydrogens is 500 g/mol. The summed E-state index contributed by atoms with van der Waals surface area (Å²) < 4.78 is 6.29. The molecule has 0 saturated heterocycles. The molecule has 3 amide bonds. The minimum atomic E-state index is -0.896. The lowest BCUT2D eigenvalue weighted by molar-refractivity contribution is -0.136. The van der Waals surface area contributed by atoms with E-state index in [1.165, 1.54) is 6.21 Å². The first-order valence-electron chi connectivity index (χ1n) is 10.4. The molecule has 3 aromatic carbocycles. The number of carbonyl (C=O) groups is 3. The Morgan fingerprint density at radius 1 is 0.971 bits per heavy atom. The maximum absolute atomic E-state index is 12.1. The zero-order chi connectivity index (χ0) is 24.3. The number of nitrogens with one attached hydrogen (secondary N) is 3. The summed E-state index contributed by atoms with van der Waals surface area (Å²) >= 11 is 3.29. The van der Waals surface area contributed by atoms with Crippen LogP contribution in [0.2, 0.25) is 0 Å². The molecule has 0 heterocycles. The molecule has 0 fully saturated rings. The summed E-state index contributed by atoms with van der Waals surface area (Å²) in [5, 5.41) is 9.15. The van der Waals surface area contributed by atoms with Crippen molar-refractivity contribution in [2.75, 3.05) is 11.9 Å². The van der Waals surface area contributed by atoms with E-state index in [0.717, 1.165) is 10.0 Å². The fraction of sp³-hybridized carbons (Fsp3) is 0.120. The number of ether oxygens (including phenoxy) is 1.